The molecule has 0 fully saturated rings. The fourth-order valence-corrected chi connectivity index (χ4v) is 3.82. The lowest BCUT2D eigenvalue weighted by Crippen LogP contribution is -2.02. The fourth-order valence-electron chi connectivity index (χ4n) is 3.82. The van der Waals surface area contributed by atoms with Crippen LogP contribution in [0.1, 0.15) is 19.3 Å². The number of hydrogen-bond donors (Lipinski definition) is 0. The zero-order valence-electron chi connectivity index (χ0n) is 17.0. The molecule has 2 aromatic heterocycles. The number of rotatable bonds is 8. The molecule has 31 heavy (non-hydrogen) atoms. The molecule has 0 saturated heterocycles. The summed E-state index contributed by atoms with van der Waals surface area (Å²) in [6, 6.07) is 21.1. The van der Waals surface area contributed by atoms with E-state index < -0.39 is 5.63 Å². The smallest absolute Gasteiger partial charge is 0.336 e. The van der Waals surface area contributed by atoms with E-state index in [-0.39, 0.29) is 0 Å². The van der Waals surface area contributed by atoms with Gasteiger partial charge in [-0.25, -0.2) is 4.79 Å². The maximum Gasteiger partial charge on any atom is 0.336 e. The van der Waals surface area contributed by atoms with Gasteiger partial charge < -0.3 is 18.3 Å². The summed E-state index contributed by atoms with van der Waals surface area (Å²) in [4.78, 5) is 11.6. The molecule has 0 spiro atoms. The summed E-state index contributed by atoms with van der Waals surface area (Å²) in [5, 5.41) is 3.97. The molecule has 5 rings (SSSR count). The van der Waals surface area contributed by atoms with Crippen molar-refractivity contribution in [2.75, 3.05) is 13.2 Å². The van der Waals surface area contributed by atoms with Gasteiger partial charge in [-0.15, -0.1) is 0 Å². The molecular weight excluding hydrogens is 392 g/mol. The lowest BCUT2D eigenvalue weighted by atomic mass is 10.1. The van der Waals surface area contributed by atoms with E-state index in [0.717, 1.165) is 41.2 Å². The van der Waals surface area contributed by atoms with E-state index in [0.29, 0.717) is 30.1 Å². The number of hydrogen-bond acceptors (Lipinski definition) is 5. The van der Waals surface area contributed by atoms with Crippen LogP contribution in [0.15, 0.2) is 86.6 Å². The highest BCUT2D eigenvalue weighted by Crippen LogP contribution is 2.35. The summed E-state index contributed by atoms with van der Waals surface area (Å²) in [7, 11) is 0. The van der Waals surface area contributed by atoms with Crippen molar-refractivity contribution in [3.63, 3.8) is 0 Å². The number of furan rings is 1. The Morgan fingerprint density at radius 2 is 1.52 bits per heavy atom. The van der Waals surface area contributed by atoms with Crippen LogP contribution in [0.4, 0.5) is 0 Å². The number of benzene rings is 3. The molecular formula is C26H22O5. The maximum absolute atomic E-state index is 11.6. The highest BCUT2D eigenvalue weighted by atomic mass is 16.5. The standard InChI is InChI=1S/C26H22O5/c27-25-12-11-20-24(31-25)17-23-21(13-16-29-23)26(20)30-15-5-1-4-14-28-22-10-6-8-18-7-2-3-9-19(18)22/h2-3,6-13,16-17H,1,4-5,14-15H2. The SMILES string of the molecule is O=c1ccc2c(OCCCCCOc3cccc4ccccc34)c3ccoc3cc2o1. The molecule has 0 unspecified atom stereocenters. The molecule has 156 valence electrons. The first-order valence-electron chi connectivity index (χ1n) is 10.5. The molecule has 0 bridgehead atoms. The predicted molar refractivity (Wildman–Crippen MR) is 121 cm³/mol. The van der Waals surface area contributed by atoms with Gasteiger partial charge in [-0.2, -0.15) is 0 Å². The second kappa shape index (κ2) is 8.56. The molecule has 0 aliphatic heterocycles. The molecule has 0 N–H and O–H groups in total. The van der Waals surface area contributed by atoms with E-state index in [1.54, 1.807) is 18.4 Å². The van der Waals surface area contributed by atoms with Gasteiger partial charge in [0.25, 0.3) is 0 Å². The third kappa shape index (κ3) is 3.99. The third-order valence-corrected chi connectivity index (χ3v) is 5.35. The maximum atomic E-state index is 11.6. The number of unbranched alkanes of at least 4 members (excludes halogenated alkanes) is 2. The van der Waals surface area contributed by atoms with Crippen LogP contribution in [0.3, 0.4) is 0 Å². The van der Waals surface area contributed by atoms with Crippen molar-refractivity contribution in [3.05, 3.63) is 83.4 Å². The molecule has 0 amide bonds. The van der Waals surface area contributed by atoms with E-state index in [4.69, 9.17) is 18.3 Å². The van der Waals surface area contributed by atoms with Crippen LogP contribution in [-0.2, 0) is 0 Å². The molecule has 0 aliphatic rings. The minimum absolute atomic E-state index is 0.393. The van der Waals surface area contributed by atoms with E-state index in [2.05, 4.69) is 18.2 Å². The van der Waals surface area contributed by atoms with Gasteiger partial charge in [-0.1, -0.05) is 36.4 Å². The van der Waals surface area contributed by atoms with Crippen LogP contribution in [0.5, 0.6) is 11.5 Å². The van der Waals surface area contributed by atoms with Gasteiger partial charge in [0.1, 0.15) is 22.7 Å². The monoisotopic (exact) mass is 414 g/mol. The zero-order chi connectivity index (χ0) is 21.0. The van der Waals surface area contributed by atoms with Crippen molar-refractivity contribution in [1.29, 1.82) is 0 Å². The molecule has 0 atom stereocenters. The van der Waals surface area contributed by atoms with Crippen molar-refractivity contribution < 1.29 is 18.3 Å². The van der Waals surface area contributed by atoms with Crippen molar-refractivity contribution >= 4 is 32.7 Å². The van der Waals surface area contributed by atoms with Crippen molar-refractivity contribution in [3.8, 4) is 11.5 Å². The Labute approximate surface area is 178 Å². The highest BCUT2D eigenvalue weighted by molar-refractivity contribution is 6.01. The Bertz CT molecular complexity index is 1390. The van der Waals surface area contributed by atoms with Gasteiger partial charge in [0, 0.05) is 17.5 Å². The van der Waals surface area contributed by atoms with Crippen LogP contribution in [0.2, 0.25) is 0 Å². The third-order valence-electron chi connectivity index (χ3n) is 5.35. The van der Waals surface area contributed by atoms with Crippen LogP contribution in [0, 0.1) is 0 Å². The summed E-state index contributed by atoms with van der Waals surface area (Å²) in [5.41, 5.74) is 0.712. The minimum atomic E-state index is -0.393. The van der Waals surface area contributed by atoms with Gasteiger partial charge in [0.2, 0.25) is 0 Å². The van der Waals surface area contributed by atoms with E-state index >= 15 is 0 Å². The normalized spacial score (nSPS) is 11.4. The lowest BCUT2D eigenvalue weighted by Gasteiger charge is -2.11. The molecule has 0 saturated carbocycles. The van der Waals surface area contributed by atoms with E-state index in [1.165, 1.54) is 11.5 Å². The summed E-state index contributed by atoms with van der Waals surface area (Å²) in [6.07, 6.45) is 4.43. The average molecular weight is 414 g/mol. The first kappa shape index (κ1) is 19.2. The zero-order valence-corrected chi connectivity index (χ0v) is 17.0. The quantitative estimate of drug-likeness (QED) is 0.220. The Morgan fingerprint density at radius 3 is 2.45 bits per heavy atom. The van der Waals surface area contributed by atoms with E-state index in [1.807, 2.05) is 30.3 Å². The summed E-state index contributed by atoms with van der Waals surface area (Å²) < 4.78 is 22.9. The Kier molecular flexibility index (Phi) is 5.31. The van der Waals surface area contributed by atoms with E-state index in [9.17, 15) is 4.79 Å². The Hall–Kier alpha value is -3.73. The minimum Gasteiger partial charge on any atom is -0.493 e. The van der Waals surface area contributed by atoms with Crippen molar-refractivity contribution in [2.45, 2.75) is 19.3 Å². The predicted octanol–water partition coefficient (Wildman–Crippen LogP) is 6.32. The van der Waals surface area contributed by atoms with Gasteiger partial charge in [0.15, 0.2) is 0 Å². The highest BCUT2D eigenvalue weighted by Gasteiger charge is 2.13. The van der Waals surface area contributed by atoms with Crippen LogP contribution < -0.4 is 15.1 Å². The summed E-state index contributed by atoms with van der Waals surface area (Å²) in [6.45, 7) is 1.23. The molecule has 2 heterocycles. The Balaban J connectivity index is 1.17. The fraction of sp³-hybridized carbons (Fsp3) is 0.192. The lowest BCUT2D eigenvalue weighted by molar-refractivity contribution is 0.284. The van der Waals surface area contributed by atoms with Crippen LogP contribution in [-0.4, -0.2) is 13.2 Å². The number of fused-ring (bicyclic) bond motifs is 3. The molecule has 5 aromatic rings. The molecule has 0 radical (unpaired) electrons. The molecule has 5 nitrogen and oxygen atoms in total. The summed E-state index contributed by atoms with van der Waals surface area (Å²) >= 11 is 0. The molecule has 3 aromatic carbocycles. The van der Waals surface area contributed by atoms with Gasteiger partial charge in [0.05, 0.1) is 30.2 Å². The van der Waals surface area contributed by atoms with Crippen molar-refractivity contribution in [2.24, 2.45) is 0 Å². The average Bonchev–Trinajstić information content (AvgIpc) is 3.26. The van der Waals surface area contributed by atoms with Gasteiger partial charge in [-0.05, 0) is 42.8 Å². The summed E-state index contributed by atoms with van der Waals surface area (Å²) in [5.74, 6) is 1.62. The van der Waals surface area contributed by atoms with Crippen LogP contribution >= 0.6 is 0 Å². The second-order valence-electron chi connectivity index (χ2n) is 7.44. The molecule has 5 heteroatoms. The van der Waals surface area contributed by atoms with Gasteiger partial charge >= 0.3 is 5.63 Å². The number of ether oxygens (including phenoxy) is 2. The second-order valence-corrected chi connectivity index (χ2v) is 7.44. The molecule has 0 aliphatic carbocycles. The van der Waals surface area contributed by atoms with Crippen molar-refractivity contribution in [1.82, 2.24) is 0 Å². The largest absolute Gasteiger partial charge is 0.493 e. The van der Waals surface area contributed by atoms with Gasteiger partial charge in [-0.3, -0.25) is 0 Å². The first-order chi connectivity index (χ1) is 15.3. The first-order valence-corrected chi connectivity index (χ1v) is 10.5. The Morgan fingerprint density at radius 1 is 0.710 bits per heavy atom. The topological polar surface area (TPSA) is 61.8 Å². The van der Waals surface area contributed by atoms with Crippen LogP contribution in [0.25, 0.3) is 32.7 Å².